The van der Waals surface area contributed by atoms with Gasteiger partial charge in [-0.25, -0.2) is 4.79 Å². The molecule has 4 heteroatoms. The van der Waals surface area contributed by atoms with Crippen LogP contribution in [0.3, 0.4) is 0 Å². The van der Waals surface area contributed by atoms with Crippen LogP contribution < -0.4 is 0 Å². The average molecular weight is 291 g/mol. The Morgan fingerprint density at radius 2 is 1.95 bits per heavy atom. The van der Waals surface area contributed by atoms with Gasteiger partial charge in [0.25, 0.3) is 0 Å². The zero-order chi connectivity index (χ0) is 15.4. The van der Waals surface area contributed by atoms with Gasteiger partial charge < -0.3 is 9.84 Å². The summed E-state index contributed by atoms with van der Waals surface area (Å²) < 4.78 is 5.16. The molecule has 0 spiro atoms. The molecule has 0 aliphatic heterocycles. The van der Waals surface area contributed by atoms with Gasteiger partial charge in [0.1, 0.15) is 0 Å². The summed E-state index contributed by atoms with van der Waals surface area (Å²) in [7, 11) is 2.01. The first-order chi connectivity index (χ1) is 9.95. The summed E-state index contributed by atoms with van der Waals surface area (Å²) in [4.78, 5) is 13.9. The third kappa shape index (κ3) is 5.14. The van der Waals surface area contributed by atoms with E-state index in [0.717, 1.165) is 24.9 Å². The number of hydrogen-bond acceptors (Lipinski definition) is 4. The van der Waals surface area contributed by atoms with Crippen LogP contribution in [0.5, 0.6) is 0 Å². The standard InChI is InChI=1S/C17H25NO3/c1-12(2)21-17(20)15-6-4-13(5-7-15)10-18(3)11-16(19)14-8-9-14/h4-7,12,14,16,19H,8-11H2,1-3H3. The number of carbonyl (C=O) groups excluding carboxylic acids is 1. The number of esters is 1. The molecule has 1 aliphatic carbocycles. The normalized spacial score (nSPS) is 16.3. The van der Waals surface area contributed by atoms with Crippen molar-refractivity contribution in [2.24, 2.45) is 5.92 Å². The van der Waals surface area contributed by atoms with Crippen molar-refractivity contribution in [3.8, 4) is 0 Å². The van der Waals surface area contributed by atoms with Gasteiger partial charge in [-0.2, -0.15) is 0 Å². The molecule has 1 unspecified atom stereocenters. The van der Waals surface area contributed by atoms with Crippen LogP contribution in [-0.4, -0.2) is 41.8 Å². The average Bonchev–Trinajstić information content (AvgIpc) is 3.22. The van der Waals surface area contributed by atoms with E-state index in [-0.39, 0.29) is 18.2 Å². The van der Waals surface area contributed by atoms with Crippen LogP contribution >= 0.6 is 0 Å². The van der Waals surface area contributed by atoms with E-state index >= 15 is 0 Å². The smallest absolute Gasteiger partial charge is 0.338 e. The van der Waals surface area contributed by atoms with Gasteiger partial charge in [-0.05, 0) is 57.4 Å². The third-order valence-corrected chi connectivity index (χ3v) is 3.65. The first-order valence-corrected chi connectivity index (χ1v) is 7.62. The fourth-order valence-electron chi connectivity index (χ4n) is 2.35. The zero-order valence-electron chi connectivity index (χ0n) is 13.1. The number of likely N-dealkylation sites (N-methyl/N-ethyl adjacent to an activating group) is 1. The lowest BCUT2D eigenvalue weighted by Crippen LogP contribution is -2.30. The Hall–Kier alpha value is -1.39. The molecule has 1 aliphatic rings. The SMILES string of the molecule is CC(C)OC(=O)c1ccc(CN(C)CC(O)C2CC2)cc1. The predicted molar refractivity (Wildman–Crippen MR) is 82.1 cm³/mol. The Kier molecular flexibility index (Phi) is 5.37. The van der Waals surface area contributed by atoms with E-state index in [1.807, 2.05) is 33.0 Å². The Labute approximate surface area is 126 Å². The van der Waals surface area contributed by atoms with E-state index in [2.05, 4.69) is 4.90 Å². The molecule has 1 atom stereocenters. The zero-order valence-corrected chi connectivity index (χ0v) is 13.1. The van der Waals surface area contributed by atoms with Gasteiger partial charge in [0.15, 0.2) is 0 Å². The van der Waals surface area contributed by atoms with Crippen molar-refractivity contribution in [3.05, 3.63) is 35.4 Å². The number of aliphatic hydroxyl groups excluding tert-OH is 1. The summed E-state index contributed by atoms with van der Waals surface area (Å²) in [5, 5.41) is 9.94. The summed E-state index contributed by atoms with van der Waals surface area (Å²) in [5.41, 5.74) is 1.70. The molecular weight excluding hydrogens is 266 g/mol. The molecule has 0 bridgehead atoms. The molecule has 1 aromatic rings. The van der Waals surface area contributed by atoms with Crippen LogP contribution in [0.2, 0.25) is 0 Å². The molecule has 1 saturated carbocycles. The number of ether oxygens (including phenoxy) is 1. The molecule has 1 aromatic carbocycles. The molecular formula is C17H25NO3. The van der Waals surface area contributed by atoms with Crippen LogP contribution in [0.1, 0.15) is 42.6 Å². The monoisotopic (exact) mass is 291 g/mol. The number of rotatable bonds is 7. The maximum atomic E-state index is 11.8. The molecule has 1 N–H and O–H groups in total. The number of hydrogen-bond donors (Lipinski definition) is 1. The quantitative estimate of drug-likeness (QED) is 0.784. The van der Waals surface area contributed by atoms with Crippen LogP contribution in [-0.2, 0) is 11.3 Å². The van der Waals surface area contributed by atoms with Crippen molar-refractivity contribution in [1.29, 1.82) is 0 Å². The molecule has 21 heavy (non-hydrogen) atoms. The predicted octanol–water partition coefficient (Wildman–Crippen LogP) is 2.45. The van der Waals surface area contributed by atoms with Gasteiger partial charge in [0.2, 0.25) is 0 Å². The minimum Gasteiger partial charge on any atom is -0.459 e. The second-order valence-corrected chi connectivity index (χ2v) is 6.25. The number of benzene rings is 1. The van der Waals surface area contributed by atoms with Crippen LogP contribution in [0.4, 0.5) is 0 Å². The Morgan fingerprint density at radius 1 is 1.33 bits per heavy atom. The van der Waals surface area contributed by atoms with Gasteiger partial charge in [0.05, 0.1) is 17.8 Å². The number of aliphatic hydroxyl groups is 1. The third-order valence-electron chi connectivity index (χ3n) is 3.65. The van der Waals surface area contributed by atoms with E-state index < -0.39 is 0 Å². The van der Waals surface area contributed by atoms with E-state index in [1.54, 1.807) is 12.1 Å². The minimum absolute atomic E-state index is 0.104. The molecule has 0 saturated heterocycles. The van der Waals surface area contributed by atoms with Gasteiger partial charge in [0, 0.05) is 13.1 Å². The van der Waals surface area contributed by atoms with Crippen molar-refractivity contribution >= 4 is 5.97 Å². The van der Waals surface area contributed by atoms with Gasteiger partial charge in [-0.15, -0.1) is 0 Å². The van der Waals surface area contributed by atoms with Crippen LogP contribution in [0, 0.1) is 5.92 Å². The fourth-order valence-corrected chi connectivity index (χ4v) is 2.35. The van der Waals surface area contributed by atoms with Crippen molar-refractivity contribution in [3.63, 3.8) is 0 Å². The Bertz CT molecular complexity index is 465. The first kappa shape index (κ1) is 16.0. The van der Waals surface area contributed by atoms with Gasteiger partial charge in [-0.3, -0.25) is 4.90 Å². The maximum absolute atomic E-state index is 11.8. The largest absolute Gasteiger partial charge is 0.459 e. The Morgan fingerprint density at radius 3 is 2.48 bits per heavy atom. The van der Waals surface area contributed by atoms with Crippen molar-refractivity contribution in [1.82, 2.24) is 4.90 Å². The highest BCUT2D eigenvalue weighted by Crippen LogP contribution is 2.32. The molecule has 0 heterocycles. The highest BCUT2D eigenvalue weighted by atomic mass is 16.5. The fraction of sp³-hybridized carbons (Fsp3) is 0.588. The Balaban J connectivity index is 1.85. The maximum Gasteiger partial charge on any atom is 0.338 e. The van der Waals surface area contributed by atoms with E-state index in [0.29, 0.717) is 18.0 Å². The molecule has 0 aromatic heterocycles. The van der Waals surface area contributed by atoms with Gasteiger partial charge >= 0.3 is 5.97 Å². The van der Waals surface area contributed by atoms with E-state index in [4.69, 9.17) is 4.74 Å². The summed E-state index contributed by atoms with van der Waals surface area (Å²) in [6.07, 6.45) is 1.99. The summed E-state index contributed by atoms with van der Waals surface area (Å²) in [6.45, 7) is 5.14. The highest BCUT2D eigenvalue weighted by molar-refractivity contribution is 5.89. The summed E-state index contributed by atoms with van der Waals surface area (Å²) >= 11 is 0. The first-order valence-electron chi connectivity index (χ1n) is 7.62. The van der Waals surface area contributed by atoms with Gasteiger partial charge in [-0.1, -0.05) is 12.1 Å². The lowest BCUT2D eigenvalue weighted by molar-refractivity contribution is 0.0378. The lowest BCUT2D eigenvalue weighted by Gasteiger charge is -2.20. The number of carbonyl (C=O) groups is 1. The van der Waals surface area contributed by atoms with Crippen LogP contribution in [0.25, 0.3) is 0 Å². The second kappa shape index (κ2) is 7.05. The molecule has 1 fully saturated rings. The van der Waals surface area contributed by atoms with Crippen molar-refractivity contribution < 1.29 is 14.6 Å². The minimum atomic E-state index is -0.283. The van der Waals surface area contributed by atoms with Crippen molar-refractivity contribution in [2.75, 3.05) is 13.6 Å². The second-order valence-electron chi connectivity index (χ2n) is 6.25. The topological polar surface area (TPSA) is 49.8 Å². The molecule has 4 nitrogen and oxygen atoms in total. The molecule has 0 radical (unpaired) electrons. The molecule has 0 amide bonds. The summed E-state index contributed by atoms with van der Waals surface area (Å²) in [6, 6.07) is 7.48. The number of nitrogens with zero attached hydrogens (tertiary/aromatic N) is 1. The van der Waals surface area contributed by atoms with Crippen molar-refractivity contribution in [2.45, 2.75) is 45.4 Å². The molecule has 116 valence electrons. The highest BCUT2D eigenvalue weighted by Gasteiger charge is 2.30. The van der Waals surface area contributed by atoms with E-state index in [9.17, 15) is 9.90 Å². The van der Waals surface area contributed by atoms with E-state index in [1.165, 1.54) is 0 Å². The summed E-state index contributed by atoms with van der Waals surface area (Å²) in [5.74, 6) is 0.217. The molecule has 2 rings (SSSR count). The van der Waals surface area contributed by atoms with Crippen LogP contribution in [0.15, 0.2) is 24.3 Å². The lowest BCUT2D eigenvalue weighted by atomic mass is 10.1.